The lowest BCUT2D eigenvalue weighted by Crippen LogP contribution is -2.39. The van der Waals surface area contributed by atoms with E-state index in [1.807, 2.05) is 18.2 Å². The minimum Gasteiger partial charge on any atom is -0.370 e. The van der Waals surface area contributed by atoms with Crippen molar-refractivity contribution in [2.45, 2.75) is 51.5 Å². The summed E-state index contributed by atoms with van der Waals surface area (Å²) in [6.07, 6.45) is 6.98. The molecule has 1 saturated heterocycles. The third-order valence-electron chi connectivity index (χ3n) is 5.00. The Morgan fingerprint density at radius 2 is 1.87 bits per heavy atom. The molecule has 1 aliphatic carbocycles. The summed E-state index contributed by atoms with van der Waals surface area (Å²) >= 11 is 6.39. The SMILES string of the molecule is CC1CCC(NC(=O)Nc2ccc(N3CCCC3)c(Cl)c2)CC1. The van der Waals surface area contributed by atoms with Gasteiger partial charge in [-0.2, -0.15) is 0 Å². The van der Waals surface area contributed by atoms with Gasteiger partial charge in [-0.3, -0.25) is 0 Å². The maximum absolute atomic E-state index is 12.1. The molecular weight excluding hydrogens is 310 g/mol. The monoisotopic (exact) mass is 335 g/mol. The zero-order valence-electron chi connectivity index (χ0n) is 13.8. The second-order valence-corrected chi connectivity index (χ2v) is 7.32. The fourth-order valence-corrected chi connectivity index (χ4v) is 3.86. The van der Waals surface area contributed by atoms with Crippen LogP contribution in [0.1, 0.15) is 45.4 Å². The number of halogens is 1. The summed E-state index contributed by atoms with van der Waals surface area (Å²) in [5.74, 6) is 0.785. The minimum absolute atomic E-state index is 0.130. The van der Waals surface area contributed by atoms with Crippen LogP contribution < -0.4 is 15.5 Å². The van der Waals surface area contributed by atoms with Gasteiger partial charge in [-0.1, -0.05) is 18.5 Å². The molecule has 3 rings (SSSR count). The van der Waals surface area contributed by atoms with Gasteiger partial charge in [0.1, 0.15) is 0 Å². The summed E-state index contributed by atoms with van der Waals surface area (Å²) in [6, 6.07) is 5.95. The third kappa shape index (κ3) is 4.31. The van der Waals surface area contributed by atoms with Crippen LogP contribution in [0.25, 0.3) is 0 Å². The summed E-state index contributed by atoms with van der Waals surface area (Å²) < 4.78 is 0. The van der Waals surface area contributed by atoms with Gasteiger partial charge in [0.25, 0.3) is 0 Å². The molecule has 2 amide bonds. The number of carbonyl (C=O) groups excluding carboxylic acids is 1. The topological polar surface area (TPSA) is 44.4 Å². The molecule has 1 aliphatic heterocycles. The third-order valence-corrected chi connectivity index (χ3v) is 5.31. The van der Waals surface area contributed by atoms with Crippen LogP contribution in [0, 0.1) is 5.92 Å². The number of nitrogens with zero attached hydrogens (tertiary/aromatic N) is 1. The molecule has 2 fully saturated rings. The summed E-state index contributed by atoms with van der Waals surface area (Å²) in [7, 11) is 0. The van der Waals surface area contributed by atoms with Gasteiger partial charge in [0.15, 0.2) is 0 Å². The van der Waals surface area contributed by atoms with E-state index in [-0.39, 0.29) is 6.03 Å². The summed E-state index contributed by atoms with van der Waals surface area (Å²) in [5, 5.41) is 6.68. The van der Waals surface area contributed by atoms with Gasteiger partial charge >= 0.3 is 6.03 Å². The fraction of sp³-hybridized carbons (Fsp3) is 0.611. The molecular formula is C18H26ClN3O. The molecule has 23 heavy (non-hydrogen) atoms. The lowest BCUT2D eigenvalue weighted by Gasteiger charge is -2.27. The van der Waals surface area contributed by atoms with Crippen molar-refractivity contribution in [1.82, 2.24) is 5.32 Å². The predicted molar refractivity (Wildman–Crippen MR) is 96.5 cm³/mol. The average Bonchev–Trinajstić information content (AvgIpc) is 3.04. The van der Waals surface area contributed by atoms with Crippen molar-refractivity contribution in [3.63, 3.8) is 0 Å². The van der Waals surface area contributed by atoms with E-state index in [4.69, 9.17) is 11.6 Å². The van der Waals surface area contributed by atoms with Crippen LogP contribution in [0.3, 0.4) is 0 Å². The van der Waals surface area contributed by atoms with Gasteiger partial charge in [0, 0.05) is 24.8 Å². The Hall–Kier alpha value is -1.42. The molecule has 0 radical (unpaired) electrons. The van der Waals surface area contributed by atoms with Crippen molar-refractivity contribution < 1.29 is 4.79 Å². The lowest BCUT2D eigenvalue weighted by atomic mass is 9.87. The van der Waals surface area contributed by atoms with Gasteiger partial charge in [0.2, 0.25) is 0 Å². The van der Waals surface area contributed by atoms with Crippen LogP contribution in [-0.2, 0) is 0 Å². The van der Waals surface area contributed by atoms with E-state index in [2.05, 4.69) is 22.5 Å². The first-order chi connectivity index (χ1) is 11.1. The Labute approximate surface area is 143 Å². The largest absolute Gasteiger partial charge is 0.370 e. The van der Waals surface area contributed by atoms with Crippen LogP contribution in [0.2, 0.25) is 5.02 Å². The number of hydrogen-bond donors (Lipinski definition) is 2. The molecule has 0 spiro atoms. The Kier molecular flexibility index (Phi) is 5.31. The van der Waals surface area contributed by atoms with E-state index in [9.17, 15) is 4.79 Å². The van der Waals surface area contributed by atoms with Crippen LogP contribution in [0.5, 0.6) is 0 Å². The number of amides is 2. The summed E-state index contributed by atoms with van der Waals surface area (Å²) in [4.78, 5) is 14.4. The van der Waals surface area contributed by atoms with Crippen LogP contribution in [0.15, 0.2) is 18.2 Å². The first-order valence-corrected chi connectivity index (χ1v) is 9.11. The summed E-state index contributed by atoms with van der Waals surface area (Å²) in [6.45, 7) is 4.40. The quantitative estimate of drug-likeness (QED) is 0.845. The van der Waals surface area contributed by atoms with Gasteiger partial charge < -0.3 is 15.5 Å². The van der Waals surface area contributed by atoms with Crippen LogP contribution in [0.4, 0.5) is 16.2 Å². The van der Waals surface area contributed by atoms with Crippen molar-refractivity contribution in [3.8, 4) is 0 Å². The molecule has 2 N–H and O–H groups in total. The van der Waals surface area contributed by atoms with E-state index in [1.165, 1.54) is 25.7 Å². The number of hydrogen-bond acceptors (Lipinski definition) is 2. The Morgan fingerprint density at radius 3 is 2.52 bits per heavy atom. The highest BCUT2D eigenvalue weighted by molar-refractivity contribution is 6.33. The van der Waals surface area contributed by atoms with Crippen molar-refractivity contribution in [2.75, 3.05) is 23.3 Å². The van der Waals surface area contributed by atoms with Crippen molar-refractivity contribution >= 4 is 29.0 Å². The molecule has 0 bridgehead atoms. The highest BCUT2D eigenvalue weighted by Gasteiger charge is 2.20. The molecule has 2 aliphatic rings. The van der Waals surface area contributed by atoms with Crippen LogP contribution >= 0.6 is 11.6 Å². The van der Waals surface area contributed by atoms with Crippen molar-refractivity contribution in [2.24, 2.45) is 5.92 Å². The lowest BCUT2D eigenvalue weighted by molar-refractivity contribution is 0.239. The number of benzene rings is 1. The second-order valence-electron chi connectivity index (χ2n) is 6.92. The van der Waals surface area contributed by atoms with E-state index in [0.29, 0.717) is 11.1 Å². The van der Waals surface area contributed by atoms with Crippen molar-refractivity contribution in [1.29, 1.82) is 0 Å². The van der Waals surface area contributed by atoms with E-state index in [1.54, 1.807) is 0 Å². The molecule has 0 aromatic heterocycles. The van der Waals surface area contributed by atoms with Crippen molar-refractivity contribution in [3.05, 3.63) is 23.2 Å². The van der Waals surface area contributed by atoms with E-state index in [0.717, 1.165) is 43.2 Å². The Bertz CT molecular complexity index is 549. The first kappa shape index (κ1) is 16.4. The predicted octanol–water partition coefficient (Wildman–Crippen LogP) is 4.64. The van der Waals surface area contributed by atoms with Gasteiger partial charge in [-0.25, -0.2) is 4.79 Å². The molecule has 4 nitrogen and oxygen atoms in total. The Balaban J connectivity index is 1.55. The molecule has 1 heterocycles. The molecule has 0 unspecified atom stereocenters. The number of carbonyl (C=O) groups is 1. The average molecular weight is 336 g/mol. The van der Waals surface area contributed by atoms with E-state index >= 15 is 0 Å². The van der Waals surface area contributed by atoms with Gasteiger partial charge in [-0.05, 0) is 62.6 Å². The molecule has 5 heteroatoms. The molecule has 126 valence electrons. The Morgan fingerprint density at radius 1 is 1.17 bits per heavy atom. The highest BCUT2D eigenvalue weighted by atomic mass is 35.5. The molecule has 1 saturated carbocycles. The van der Waals surface area contributed by atoms with E-state index < -0.39 is 0 Å². The highest BCUT2D eigenvalue weighted by Crippen LogP contribution is 2.31. The normalized spacial score (nSPS) is 24.5. The minimum atomic E-state index is -0.130. The zero-order valence-corrected chi connectivity index (χ0v) is 14.5. The standard InChI is InChI=1S/C18H26ClN3O/c1-13-4-6-14(7-5-13)20-18(23)21-15-8-9-17(16(19)12-15)22-10-2-3-11-22/h8-9,12-14H,2-7,10-11H2,1H3,(H2,20,21,23). The fourth-order valence-electron chi connectivity index (χ4n) is 3.56. The molecule has 1 aromatic carbocycles. The number of nitrogens with one attached hydrogen (secondary N) is 2. The summed E-state index contributed by atoms with van der Waals surface area (Å²) in [5.41, 5.74) is 1.82. The van der Waals surface area contributed by atoms with Crippen LogP contribution in [-0.4, -0.2) is 25.2 Å². The number of anilines is 2. The number of rotatable bonds is 3. The van der Waals surface area contributed by atoms with Gasteiger partial charge in [0.05, 0.1) is 10.7 Å². The smallest absolute Gasteiger partial charge is 0.319 e. The molecule has 1 aromatic rings. The second kappa shape index (κ2) is 7.43. The zero-order chi connectivity index (χ0) is 16.2. The first-order valence-electron chi connectivity index (χ1n) is 8.74. The maximum atomic E-state index is 12.1. The molecule has 0 atom stereocenters. The number of urea groups is 1. The van der Waals surface area contributed by atoms with Gasteiger partial charge in [-0.15, -0.1) is 0 Å². The maximum Gasteiger partial charge on any atom is 0.319 e.